The van der Waals surface area contributed by atoms with Crippen LogP contribution in [0.2, 0.25) is 0 Å². The number of carbonyl (C=O) groups is 2. The minimum Gasteiger partial charge on any atom is -0.369 e. The Hall–Kier alpha value is -3.24. The fourth-order valence-electron chi connectivity index (χ4n) is 4.76. The second kappa shape index (κ2) is 12.2. The average molecular weight is 625 g/mol. The number of anilines is 1. The first-order valence-electron chi connectivity index (χ1n) is 12.8. The first kappa shape index (κ1) is 31.7. The molecule has 4 rings (SSSR count). The van der Waals surface area contributed by atoms with Crippen molar-refractivity contribution in [3.8, 4) is 0 Å². The van der Waals surface area contributed by atoms with Crippen LogP contribution in [-0.4, -0.2) is 87.1 Å². The minimum atomic E-state index is -5.97. The monoisotopic (exact) mass is 624 g/mol. The molecule has 42 heavy (non-hydrogen) atoms. The Bertz CT molecular complexity index is 1320. The van der Waals surface area contributed by atoms with E-state index in [0.29, 0.717) is 48.7 Å². The van der Waals surface area contributed by atoms with Crippen LogP contribution in [0.3, 0.4) is 0 Å². The molecule has 2 fully saturated rings. The lowest BCUT2D eigenvalue weighted by Crippen LogP contribution is -2.53. The van der Waals surface area contributed by atoms with Gasteiger partial charge in [-0.15, -0.1) is 0 Å². The molecule has 3 N–H and O–H groups in total. The lowest BCUT2D eigenvalue weighted by molar-refractivity contribution is -0.376. The quantitative estimate of drug-likeness (QED) is 0.426. The molecule has 8 nitrogen and oxygen atoms in total. The fraction of sp³-hybridized carbons (Fsp3) is 0.462. The van der Waals surface area contributed by atoms with Crippen LogP contribution in [0.4, 0.5) is 41.2 Å². The van der Waals surface area contributed by atoms with Crippen molar-refractivity contribution in [1.82, 2.24) is 15.1 Å². The molecule has 2 aromatic rings. The predicted octanol–water partition coefficient (Wildman–Crippen LogP) is 3.74. The molecule has 0 radical (unpaired) electrons. The number of rotatable bonds is 6. The highest BCUT2D eigenvalue weighted by molar-refractivity contribution is 7.85. The van der Waals surface area contributed by atoms with Crippen LogP contribution in [0.25, 0.3) is 0 Å². The third kappa shape index (κ3) is 6.86. The smallest absolute Gasteiger partial charge is 0.369 e. The summed E-state index contributed by atoms with van der Waals surface area (Å²) in [7, 11) is -0.992. The molecule has 2 aliphatic rings. The Kier molecular flexibility index (Phi) is 9.18. The molecule has 3 amide bonds. The van der Waals surface area contributed by atoms with Gasteiger partial charge >= 0.3 is 18.4 Å². The van der Waals surface area contributed by atoms with E-state index in [1.54, 1.807) is 0 Å². The second-order valence-electron chi connectivity index (χ2n) is 10.1. The number of alkyl halides is 6. The number of nitrogens with one attached hydrogen (secondary N) is 2. The maximum atomic E-state index is 14.6. The van der Waals surface area contributed by atoms with Gasteiger partial charge < -0.3 is 20.6 Å². The molecule has 2 unspecified atom stereocenters. The zero-order chi connectivity index (χ0) is 30.9. The number of piperazine rings is 1. The number of halogens is 7. The van der Waals surface area contributed by atoms with Gasteiger partial charge in [-0.2, -0.15) is 26.3 Å². The van der Waals surface area contributed by atoms with Crippen molar-refractivity contribution in [2.24, 2.45) is 0 Å². The summed E-state index contributed by atoms with van der Waals surface area (Å²) in [5, 5.41) is 14.5. The van der Waals surface area contributed by atoms with Crippen LogP contribution >= 0.6 is 0 Å². The minimum absolute atomic E-state index is 0.0514. The van der Waals surface area contributed by atoms with E-state index in [-0.39, 0.29) is 36.9 Å². The standard InChI is InChI=1S/C26H27F7N4O4S/c27-20-13-17(3-6-21(20)35-23(39)34-19-7-12-42(41)15-19)22(38)37-10-8-36(9-11-37)14-16-1-4-18(5-2-16)24(40,25(28,29)30)26(31,32)33/h1-6,13,19,40H,7-12,14-15H2,(H2,34,35,39). The summed E-state index contributed by atoms with van der Waals surface area (Å²) in [4.78, 5) is 28.3. The number of aliphatic hydroxyl groups is 1. The molecule has 2 aromatic carbocycles. The van der Waals surface area contributed by atoms with Gasteiger partial charge in [-0.25, -0.2) is 9.18 Å². The topological polar surface area (TPSA) is 102 Å². The van der Waals surface area contributed by atoms with Crippen LogP contribution in [0.1, 0.15) is 27.9 Å². The Morgan fingerprint density at radius 3 is 2.10 bits per heavy atom. The van der Waals surface area contributed by atoms with Gasteiger partial charge in [0.05, 0.1) is 5.69 Å². The summed E-state index contributed by atoms with van der Waals surface area (Å²) in [5.74, 6) is -0.465. The Balaban J connectivity index is 1.30. The normalized spacial score (nSPS) is 20.4. The molecule has 230 valence electrons. The van der Waals surface area contributed by atoms with Gasteiger partial charge in [-0.1, -0.05) is 24.3 Å². The van der Waals surface area contributed by atoms with E-state index in [9.17, 15) is 49.6 Å². The first-order valence-corrected chi connectivity index (χ1v) is 14.3. The highest BCUT2D eigenvalue weighted by Gasteiger charge is 2.71. The van der Waals surface area contributed by atoms with E-state index in [4.69, 9.17) is 0 Å². The SMILES string of the molecule is O=C(Nc1ccc(C(=O)N2CCN(Cc3ccc(C(O)(C(F)(F)F)C(F)(F)F)cc3)CC2)cc1F)NC1CCS(=O)C1. The van der Waals surface area contributed by atoms with E-state index in [1.165, 1.54) is 17.0 Å². The first-order chi connectivity index (χ1) is 19.6. The van der Waals surface area contributed by atoms with Gasteiger partial charge in [0.25, 0.3) is 11.5 Å². The zero-order valence-electron chi connectivity index (χ0n) is 21.9. The molecule has 0 bridgehead atoms. The summed E-state index contributed by atoms with van der Waals surface area (Å²) in [6.07, 6.45) is -11.4. The van der Waals surface area contributed by atoms with Gasteiger partial charge in [0.1, 0.15) is 5.82 Å². The molecule has 2 heterocycles. The van der Waals surface area contributed by atoms with Crippen molar-refractivity contribution in [2.75, 3.05) is 43.0 Å². The van der Waals surface area contributed by atoms with Crippen LogP contribution in [0, 0.1) is 5.82 Å². The maximum absolute atomic E-state index is 14.6. The highest BCUT2D eigenvalue weighted by atomic mass is 32.2. The van der Waals surface area contributed by atoms with Gasteiger partial charge in [0.2, 0.25) is 0 Å². The fourth-order valence-corrected chi connectivity index (χ4v) is 6.17. The van der Waals surface area contributed by atoms with Crippen LogP contribution in [0.5, 0.6) is 0 Å². The number of amides is 3. The van der Waals surface area contributed by atoms with E-state index in [1.807, 2.05) is 4.90 Å². The molecule has 2 aliphatic heterocycles. The Morgan fingerprint density at radius 2 is 1.57 bits per heavy atom. The molecule has 2 saturated heterocycles. The highest BCUT2D eigenvalue weighted by Crippen LogP contribution is 2.50. The molecule has 2 atom stereocenters. The van der Waals surface area contributed by atoms with Crippen LogP contribution < -0.4 is 10.6 Å². The summed E-state index contributed by atoms with van der Waals surface area (Å²) in [6, 6.07) is 6.02. The number of nitrogens with zero attached hydrogens (tertiary/aromatic N) is 2. The summed E-state index contributed by atoms with van der Waals surface area (Å²) >= 11 is 0. The second-order valence-corrected chi connectivity index (χ2v) is 11.7. The number of hydrogen-bond acceptors (Lipinski definition) is 5. The van der Waals surface area contributed by atoms with Gasteiger partial charge in [0.15, 0.2) is 0 Å². The predicted molar refractivity (Wildman–Crippen MR) is 138 cm³/mol. The molecular formula is C26H27F7N4O4S. The van der Waals surface area contributed by atoms with Gasteiger partial charge in [0, 0.05) is 72.2 Å². The van der Waals surface area contributed by atoms with Crippen LogP contribution in [0.15, 0.2) is 42.5 Å². The molecule has 0 saturated carbocycles. The largest absolute Gasteiger partial charge is 0.430 e. The van der Waals surface area contributed by atoms with Crippen molar-refractivity contribution in [1.29, 1.82) is 0 Å². The number of benzene rings is 2. The van der Waals surface area contributed by atoms with E-state index >= 15 is 0 Å². The van der Waals surface area contributed by atoms with E-state index in [2.05, 4.69) is 10.6 Å². The lowest BCUT2D eigenvalue weighted by Gasteiger charge is -2.35. The summed E-state index contributed by atoms with van der Waals surface area (Å²) in [5.41, 5.74) is -6.02. The van der Waals surface area contributed by atoms with E-state index < -0.39 is 52.1 Å². The van der Waals surface area contributed by atoms with E-state index in [0.717, 1.165) is 18.2 Å². The van der Waals surface area contributed by atoms with Gasteiger partial charge in [-0.3, -0.25) is 13.9 Å². The average Bonchev–Trinajstić information content (AvgIpc) is 3.32. The molecule has 0 spiro atoms. The van der Waals surface area contributed by atoms with Gasteiger partial charge in [-0.05, 0) is 30.2 Å². The number of urea groups is 1. The molecular weight excluding hydrogens is 597 g/mol. The zero-order valence-corrected chi connectivity index (χ0v) is 22.7. The maximum Gasteiger partial charge on any atom is 0.430 e. The number of carbonyl (C=O) groups excluding carboxylic acids is 2. The molecule has 0 aromatic heterocycles. The Labute approximate surface area is 238 Å². The molecule has 16 heteroatoms. The van der Waals surface area contributed by atoms with Crippen molar-refractivity contribution >= 4 is 28.4 Å². The van der Waals surface area contributed by atoms with Crippen molar-refractivity contribution < 1.29 is 49.6 Å². The third-order valence-corrected chi connectivity index (χ3v) is 8.60. The number of hydrogen-bond donors (Lipinski definition) is 3. The Morgan fingerprint density at radius 1 is 0.952 bits per heavy atom. The lowest BCUT2D eigenvalue weighted by atomic mass is 9.91. The van der Waals surface area contributed by atoms with Crippen molar-refractivity contribution in [3.63, 3.8) is 0 Å². The molecule has 0 aliphatic carbocycles. The summed E-state index contributed by atoms with van der Waals surface area (Å²) in [6.45, 7) is 1.29. The third-order valence-electron chi connectivity index (χ3n) is 7.14. The van der Waals surface area contributed by atoms with Crippen molar-refractivity contribution in [2.45, 2.75) is 37.0 Å². The summed E-state index contributed by atoms with van der Waals surface area (Å²) < 4.78 is 105. The van der Waals surface area contributed by atoms with Crippen molar-refractivity contribution in [3.05, 3.63) is 65.0 Å². The van der Waals surface area contributed by atoms with Crippen LogP contribution in [-0.2, 0) is 22.9 Å².